The fourth-order valence-corrected chi connectivity index (χ4v) is 3.72. The summed E-state index contributed by atoms with van der Waals surface area (Å²) in [4.78, 5) is 25.1. The van der Waals surface area contributed by atoms with Crippen molar-refractivity contribution in [2.45, 2.75) is 6.61 Å². The zero-order chi connectivity index (χ0) is 21.5. The molecule has 0 bridgehead atoms. The highest BCUT2D eigenvalue weighted by molar-refractivity contribution is 7.92. The number of esters is 1. The lowest BCUT2D eigenvalue weighted by molar-refractivity contribution is 0.0462. The minimum atomic E-state index is -3.57. The summed E-state index contributed by atoms with van der Waals surface area (Å²) in [5.74, 6) is -0.102. The third kappa shape index (κ3) is 3.50. The van der Waals surface area contributed by atoms with Crippen molar-refractivity contribution in [1.29, 1.82) is 0 Å². The van der Waals surface area contributed by atoms with Gasteiger partial charge in [0.25, 0.3) is 5.56 Å². The van der Waals surface area contributed by atoms with Crippen LogP contribution in [0.2, 0.25) is 0 Å². The molecular formula is C19H17N5O5S. The summed E-state index contributed by atoms with van der Waals surface area (Å²) in [6, 6.07) is 13.1. The van der Waals surface area contributed by atoms with Crippen LogP contribution in [0.15, 0.2) is 53.3 Å². The highest BCUT2D eigenvalue weighted by atomic mass is 32.2. The second kappa shape index (κ2) is 7.26. The second-order valence-electron chi connectivity index (χ2n) is 6.63. The van der Waals surface area contributed by atoms with E-state index in [0.717, 1.165) is 6.26 Å². The number of rotatable bonds is 5. The van der Waals surface area contributed by atoms with Crippen molar-refractivity contribution >= 4 is 38.4 Å². The van der Waals surface area contributed by atoms with Crippen LogP contribution in [0, 0.1) is 0 Å². The molecule has 11 heteroatoms. The number of aromatic nitrogens is 4. The Morgan fingerprint density at radius 1 is 1.10 bits per heavy atom. The van der Waals surface area contributed by atoms with E-state index in [-0.39, 0.29) is 23.4 Å². The summed E-state index contributed by atoms with van der Waals surface area (Å²) in [5.41, 5.74) is 0.554. The van der Waals surface area contributed by atoms with Gasteiger partial charge in [0.2, 0.25) is 15.8 Å². The molecule has 30 heavy (non-hydrogen) atoms. The maximum Gasteiger partial charge on any atom is 0.340 e. The first-order valence-corrected chi connectivity index (χ1v) is 10.7. The number of fused-ring (bicyclic) bond motifs is 3. The van der Waals surface area contributed by atoms with Crippen LogP contribution in [0.3, 0.4) is 0 Å². The molecule has 0 saturated heterocycles. The number of carbonyl (C=O) groups excluding carboxylic acids is 1. The van der Waals surface area contributed by atoms with Gasteiger partial charge in [-0.25, -0.2) is 13.2 Å². The summed E-state index contributed by atoms with van der Waals surface area (Å²) < 4.78 is 33.7. The van der Waals surface area contributed by atoms with Crippen molar-refractivity contribution in [1.82, 2.24) is 19.2 Å². The number of nitrogens with zero attached hydrogens (tertiary/aromatic N) is 4. The van der Waals surface area contributed by atoms with E-state index < -0.39 is 16.0 Å². The maximum atomic E-state index is 12.6. The third-order valence-electron chi connectivity index (χ3n) is 4.47. The second-order valence-corrected chi connectivity index (χ2v) is 8.38. The molecule has 4 rings (SSSR count). The average Bonchev–Trinajstić information content (AvgIpc) is 3.14. The monoisotopic (exact) mass is 427 g/mol. The first kappa shape index (κ1) is 19.6. The Hall–Kier alpha value is -3.73. The average molecular weight is 427 g/mol. The van der Waals surface area contributed by atoms with Crippen molar-refractivity contribution < 1.29 is 17.9 Å². The minimum Gasteiger partial charge on any atom is -0.454 e. The van der Waals surface area contributed by atoms with Gasteiger partial charge in [-0.3, -0.25) is 18.5 Å². The van der Waals surface area contributed by atoms with Gasteiger partial charge in [0.1, 0.15) is 0 Å². The molecule has 0 spiro atoms. The largest absolute Gasteiger partial charge is 0.454 e. The summed E-state index contributed by atoms with van der Waals surface area (Å²) in [7, 11) is -1.98. The lowest BCUT2D eigenvalue weighted by Gasteiger charge is -2.11. The van der Waals surface area contributed by atoms with E-state index in [1.165, 1.54) is 16.7 Å². The Labute approximate surface area is 170 Å². The van der Waals surface area contributed by atoms with E-state index in [4.69, 9.17) is 4.74 Å². The first-order chi connectivity index (χ1) is 14.3. The van der Waals surface area contributed by atoms with E-state index >= 15 is 0 Å². The molecule has 154 valence electrons. The van der Waals surface area contributed by atoms with Crippen molar-refractivity contribution in [3.63, 3.8) is 0 Å². The number of anilines is 1. The number of ether oxygens (including phenoxy) is 1. The Bertz CT molecular complexity index is 1460. The summed E-state index contributed by atoms with van der Waals surface area (Å²) in [6.07, 6.45) is 0.993. The maximum absolute atomic E-state index is 12.6. The number of nitrogens with one attached hydrogen (secondary N) is 1. The molecule has 4 aromatic rings. The van der Waals surface area contributed by atoms with E-state index in [0.29, 0.717) is 22.5 Å². The predicted molar refractivity (Wildman–Crippen MR) is 110 cm³/mol. The van der Waals surface area contributed by atoms with Gasteiger partial charge in [-0.05, 0) is 24.3 Å². The topological polar surface area (TPSA) is 125 Å². The third-order valence-corrected chi connectivity index (χ3v) is 5.06. The molecular weight excluding hydrogens is 410 g/mol. The van der Waals surface area contributed by atoms with E-state index in [1.54, 1.807) is 47.8 Å². The highest BCUT2D eigenvalue weighted by Gasteiger charge is 2.18. The van der Waals surface area contributed by atoms with Gasteiger partial charge in [-0.1, -0.05) is 24.3 Å². The van der Waals surface area contributed by atoms with Crippen LogP contribution in [0.5, 0.6) is 0 Å². The minimum absolute atomic E-state index is 0.0639. The Morgan fingerprint density at radius 3 is 2.57 bits per heavy atom. The van der Waals surface area contributed by atoms with Gasteiger partial charge >= 0.3 is 5.97 Å². The smallest absolute Gasteiger partial charge is 0.340 e. The van der Waals surface area contributed by atoms with E-state index in [9.17, 15) is 18.0 Å². The standard InChI is InChI=1S/C19H17N5O5S/c1-23-17(25)13-8-4-6-10-15(13)24-16(20-21-19(23)24)11-29-18(26)12-7-3-5-9-14(12)22-30(2,27)28/h3-10,22H,11H2,1-2H3. The number of hydrogen-bond acceptors (Lipinski definition) is 7. The summed E-state index contributed by atoms with van der Waals surface area (Å²) in [6.45, 7) is -0.227. The Morgan fingerprint density at radius 2 is 1.80 bits per heavy atom. The van der Waals surface area contributed by atoms with Crippen molar-refractivity contribution in [3.05, 3.63) is 70.3 Å². The lowest BCUT2D eigenvalue weighted by atomic mass is 10.2. The van der Waals surface area contributed by atoms with Crippen LogP contribution < -0.4 is 10.3 Å². The molecule has 0 aliphatic rings. The molecule has 0 saturated carbocycles. The van der Waals surface area contributed by atoms with Gasteiger partial charge in [-0.15, -0.1) is 10.2 Å². The van der Waals surface area contributed by atoms with Gasteiger partial charge in [0, 0.05) is 7.05 Å². The molecule has 0 fully saturated rings. The molecule has 0 atom stereocenters. The normalized spacial score (nSPS) is 11.7. The van der Waals surface area contributed by atoms with Crippen LogP contribution in [-0.4, -0.2) is 39.8 Å². The SMILES string of the molecule is Cn1c(=O)c2ccccc2n2c(COC(=O)c3ccccc3NS(C)(=O)=O)nnc12. The van der Waals surface area contributed by atoms with Crippen LogP contribution in [0.25, 0.3) is 16.7 Å². The molecule has 0 aliphatic carbocycles. The molecule has 2 aromatic heterocycles. The zero-order valence-electron chi connectivity index (χ0n) is 16.1. The summed E-state index contributed by atoms with van der Waals surface area (Å²) >= 11 is 0. The lowest BCUT2D eigenvalue weighted by Crippen LogP contribution is -2.20. The van der Waals surface area contributed by atoms with Crippen molar-refractivity contribution in [3.8, 4) is 0 Å². The van der Waals surface area contributed by atoms with Gasteiger partial charge in [0.05, 0.1) is 28.4 Å². The number of sulfonamides is 1. The van der Waals surface area contributed by atoms with E-state index in [2.05, 4.69) is 14.9 Å². The molecule has 0 amide bonds. The van der Waals surface area contributed by atoms with Crippen molar-refractivity contribution in [2.75, 3.05) is 11.0 Å². The number of carbonyl (C=O) groups is 1. The Balaban J connectivity index is 1.69. The van der Waals surface area contributed by atoms with Gasteiger partial charge in [-0.2, -0.15) is 0 Å². The fourth-order valence-electron chi connectivity index (χ4n) is 3.14. The molecule has 10 nitrogen and oxygen atoms in total. The molecule has 0 radical (unpaired) electrons. The number of aryl methyl sites for hydroxylation is 1. The molecule has 0 aliphatic heterocycles. The van der Waals surface area contributed by atoms with Crippen LogP contribution in [0.1, 0.15) is 16.2 Å². The van der Waals surface area contributed by atoms with Gasteiger partial charge < -0.3 is 4.74 Å². The quantitative estimate of drug-likeness (QED) is 0.476. The van der Waals surface area contributed by atoms with Crippen LogP contribution in [0.4, 0.5) is 5.69 Å². The molecule has 0 unspecified atom stereocenters. The summed E-state index contributed by atoms with van der Waals surface area (Å²) in [5, 5.41) is 8.57. The predicted octanol–water partition coefficient (Wildman–Crippen LogP) is 1.31. The van der Waals surface area contributed by atoms with E-state index in [1.807, 2.05) is 0 Å². The number of benzene rings is 2. The van der Waals surface area contributed by atoms with Crippen molar-refractivity contribution in [2.24, 2.45) is 7.05 Å². The molecule has 2 aromatic carbocycles. The zero-order valence-corrected chi connectivity index (χ0v) is 16.9. The number of para-hydroxylation sites is 2. The molecule has 2 heterocycles. The first-order valence-electron chi connectivity index (χ1n) is 8.82. The van der Waals surface area contributed by atoms with Crippen LogP contribution in [-0.2, 0) is 28.4 Å². The number of hydrogen-bond donors (Lipinski definition) is 1. The molecule has 1 N–H and O–H groups in total. The fraction of sp³-hybridized carbons (Fsp3) is 0.158. The van der Waals surface area contributed by atoms with Crippen LogP contribution >= 0.6 is 0 Å². The highest BCUT2D eigenvalue weighted by Crippen LogP contribution is 2.19. The van der Waals surface area contributed by atoms with Gasteiger partial charge in [0.15, 0.2) is 12.4 Å². The Kier molecular flexibility index (Phi) is 4.74.